The van der Waals surface area contributed by atoms with E-state index in [1.807, 2.05) is 26.0 Å². The maximum absolute atomic E-state index is 11.8. The third-order valence-electron chi connectivity index (χ3n) is 6.93. The first-order valence-corrected chi connectivity index (χ1v) is 13.3. The zero-order valence-corrected chi connectivity index (χ0v) is 20.6. The van der Waals surface area contributed by atoms with E-state index in [-0.39, 0.29) is 22.6 Å². The average Bonchev–Trinajstić information content (AvgIpc) is 3.14. The lowest BCUT2D eigenvalue weighted by Crippen LogP contribution is -2.57. The normalized spacial score (nSPS) is 17.8. The predicted molar refractivity (Wildman–Crippen MR) is 135 cm³/mol. The summed E-state index contributed by atoms with van der Waals surface area (Å²) in [5.74, 6) is 1.95. The fraction of sp³-hybridized carbons (Fsp3) is 0.360. The van der Waals surface area contributed by atoms with Gasteiger partial charge in [0.05, 0.1) is 29.1 Å². The van der Waals surface area contributed by atoms with Gasteiger partial charge in [0.15, 0.2) is 9.84 Å². The summed E-state index contributed by atoms with van der Waals surface area (Å²) in [6, 6.07) is 9.02. The van der Waals surface area contributed by atoms with Gasteiger partial charge >= 0.3 is 0 Å². The number of rotatable bonds is 6. The first-order chi connectivity index (χ1) is 16.6. The Morgan fingerprint density at radius 3 is 2.66 bits per heavy atom. The SMILES string of the molecule is Cc1cnnc(C)c1COc1ccc(N)c(C(=N)c2ccc(N3CC4(CCS(=O)(=O)C4)C3)nc2)c1. The van der Waals surface area contributed by atoms with Crippen LogP contribution in [-0.2, 0) is 16.4 Å². The monoisotopic (exact) mass is 492 g/mol. The second kappa shape index (κ2) is 8.60. The molecule has 2 aromatic heterocycles. The molecule has 2 fully saturated rings. The minimum absolute atomic E-state index is 0.121. The maximum atomic E-state index is 11.8. The largest absolute Gasteiger partial charge is 0.489 e. The van der Waals surface area contributed by atoms with Crippen molar-refractivity contribution in [3.63, 3.8) is 0 Å². The number of ether oxygens (including phenoxy) is 1. The van der Waals surface area contributed by atoms with Crippen molar-refractivity contribution in [1.82, 2.24) is 15.2 Å². The average molecular weight is 493 g/mol. The summed E-state index contributed by atoms with van der Waals surface area (Å²) in [5, 5.41) is 16.7. The Morgan fingerprint density at radius 2 is 2.00 bits per heavy atom. The summed E-state index contributed by atoms with van der Waals surface area (Å²) >= 11 is 0. The number of sulfone groups is 1. The number of pyridine rings is 1. The van der Waals surface area contributed by atoms with E-state index in [0.717, 1.165) is 29.1 Å². The van der Waals surface area contributed by atoms with Gasteiger partial charge in [-0.25, -0.2) is 13.4 Å². The van der Waals surface area contributed by atoms with E-state index < -0.39 is 9.84 Å². The molecule has 5 rings (SSSR count). The van der Waals surface area contributed by atoms with Crippen LogP contribution in [-0.4, -0.2) is 53.9 Å². The van der Waals surface area contributed by atoms with Crippen LogP contribution in [0.25, 0.3) is 0 Å². The van der Waals surface area contributed by atoms with Crippen LogP contribution in [0.2, 0.25) is 0 Å². The molecule has 0 atom stereocenters. The molecule has 9 nitrogen and oxygen atoms in total. The van der Waals surface area contributed by atoms with Gasteiger partial charge in [0, 0.05) is 47.1 Å². The van der Waals surface area contributed by atoms with Crippen LogP contribution in [0.3, 0.4) is 0 Å². The third kappa shape index (κ3) is 4.58. The fourth-order valence-electron chi connectivity index (χ4n) is 4.88. The second-order valence-corrected chi connectivity index (χ2v) is 11.8. The molecular formula is C25H28N6O3S. The topological polar surface area (TPSA) is 135 Å². The Morgan fingerprint density at radius 1 is 1.20 bits per heavy atom. The van der Waals surface area contributed by atoms with E-state index in [0.29, 0.717) is 42.3 Å². The van der Waals surface area contributed by atoms with E-state index in [1.165, 1.54) is 0 Å². The molecule has 2 aliphatic heterocycles. The zero-order valence-electron chi connectivity index (χ0n) is 19.8. The number of benzene rings is 1. The maximum Gasteiger partial charge on any atom is 0.151 e. The molecule has 0 aliphatic carbocycles. The van der Waals surface area contributed by atoms with Crippen LogP contribution in [0.5, 0.6) is 5.75 Å². The molecule has 1 spiro atoms. The molecule has 35 heavy (non-hydrogen) atoms. The van der Waals surface area contributed by atoms with Crippen LogP contribution in [0.4, 0.5) is 11.5 Å². The van der Waals surface area contributed by atoms with Crippen molar-refractivity contribution in [3.05, 3.63) is 70.7 Å². The molecule has 1 aromatic carbocycles. The van der Waals surface area contributed by atoms with Crippen LogP contribution in [0.15, 0.2) is 42.7 Å². The Kier molecular flexibility index (Phi) is 5.71. The van der Waals surface area contributed by atoms with Crippen LogP contribution < -0.4 is 15.4 Å². The number of anilines is 2. The molecule has 0 amide bonds. The molecule has 3 N–H and O–H groups in total. The van der Waals surface area contributed by atoms with E-state index in [9.17, 15) is 8.42 Å². The molecule has 2 saturated heterocycles. The van der Waals surface area contributed by atoms with E-state index >= 15 is 0 Å². The fourth-order valence-corrected chi connectivity index (χ4v) is 7.02. The zero-order chi connectivity index (χ0) is 24.8. The molecule has 0 unspecified atom stereocenters. The lowest BCUT2D eigenvalue weighted by molar-refractivity contribution is 0.251. The Hall–Kier alpha value is -3.53. The van der Waals surface area contributed by atoms with Crippen molar-refractivity contribution in [3.8, 4) is 5.75 Å². The van der Waals surface area contributed by atoms with Gasteiger partial charge in [-0.15, -0.1) is 0 Å². The van der Waals surface area contributed by atoms with Gasteiger partial charge in [0.1, 0.15) is 18.2 Å². The Labute approximate surface area is 204 Å². The van der Waals surface area contributed by atoms with Gasteiger partial charge in [-0.05, 0) is 56.2 Å². The first kappa shape index (κ1) is 23.2. The summed E-state index contributed by atoms with van der Waals surface area (Å²) in [4.78, 5) is 6.63. The van der Waals surface area contributed by atoms with Crippen molar-refractivity contribution < 1.29 is 13.2 Å². The summed E-state index contributed by atoms with van der Waals surface area (Å²) in [6.45, 7) is 5.62. The molecule has 3 aromatic rings. The number of hydrogen-bond donors (Lipinski definition) is 2. The highest BCUT2D eigenvalue weighted by molar-refractivity contribution is 7.91. The molecule has 0 radical (unpaired) electrons. The molecule has 2 aliphatic rings. The Balaban J connectivity index is 1.27. The van der Waals surface area contributed by atoms with Crippen molar-refractivity contribution in [2.24, 2.45) is 5.41 Å². The highest BCUT2D eigenvalue weighted by atomic mass is 32.2. The van der Waals surface area contributed by atoms with E-state index in [2.05, 4.69) is 20.1 Å². The van der Waals surface area contributed by atoms with Crippen molar-refractivity contribution in [1.29, 1.82) is 5.41 Å². The number of nitrogens with zero attached hydrogens (tertiary/aromatic N) is 4. The van der Waals surface area contributed by atoms with Crippen LogP contribution in [0.1, 0.15) is 34.4 Å². The van der Waals surface area contributed by atoms with Gasteiger partial charge in [-0.2, -0.15) is 10.2 Å². The van der Waals surface area contributed by atoms with E-state index in [4.69, 9.17) is 15.9 Å². The summed E-state index contributed by atoms with van der Waals surface area (Å²) in [5.41, 5.74) is 10.8. The Bertz CT molecular complexity index is 1380. The highest BCUT2D eigenvalue weighted by Gasteiger charge is 2.50. The van der Waals surface area contributed by atoms with Crippen molar-refractivity contribution >= 4 is 27.1 Å². The smallest absolute Gasteiger partial charge is 0.151 e. The van der Waals surface area contributed by atoms with Gasteiger partial charge in [0.25, 0.3) is 0 Å². The number of aryl methyl sites for hydroxylation is 2. The van der Waals surface area contributed by atoms with Gasteiger partial charge in [-0.3, -0.25) is 5.41 Å². The molecule has 182 valence electrons. The molecular weight excluding hydrogens is 464 g/mol. The highest BCUT2D eigenvalue weighted by Crippen LogP contribution is 2.42. The van der Waals surface area contributed by atoms with Gasteiger partial charge in [-0.1, -0.05) is 0 Å². The van der Waals surface area contributed by atoms with Gasteiger partial charge in [0.2, 0.25) is 0 Å². The summed E-state index contributed by atoms with van der Waals surface area (Å²) in [6.07, 6.45) is 4.10. The minimum Gasteiger partial charge on any atom is -0.489 e. The van der Waals surface area contributed by atoms with E-state index in [1.54, 1.807) is 30.6 Å². The molecule has 4 heterocycles. The number of nitrogens with two attached hydrogens (primary N) is 1. The number of nitrogens with one attached hydrogen (secondary N) is 1. The standard InChI is InChI=1S/C25H28N6O3S/c1-16-10-29-30-17(2)21(16)12-34-19-4-5-22(26)20(9-19)24(27)18-3-6-23(28-11-18)31-13-25(14-31)7-8-35(32,33)15-25/h3-6,9-11,27H,7-8,12-15,26H2,1-2H3. The number of hydrogen-bond acceptors (Lipinski definition) is 9. The summed E-state index contributed by atoms with van der Waals surface area (Å²) < 4.78 is 29.7. The lowest BCUT2D eigenvalue weighted by atomic mass is 9.79. The van der Waals surface area contributed by atoms with Crippen LogP contribution in [0, 0.1) is 24.7 Å². The predicted octanol–water partition coefficient (Wildman–Crippen LogP) is 2.69. The molecule has 0 bridgehead atoms. The van der Waals surface area contributed by atoms with Gasteiger partial charge < -0.3 is 15.4 Å². The first-order valence-electron chi connectivity index (χ1n) is 11.5. The third-order valence-corrected chi connectivity index (χ3v) is 8.81. The van der Waals surface area contributed by atoms with Crippen molar-refractivity contribution in [2.45, 2.75) is 26.9 Å². The molecule has 0 saturated carbocycles. The second-order valence-electron chi connectivity index (χ2n) is 9.61. The lowest BCUT2D eigenvalue weighted by Gasteiger charge is -2.48. The summed E-state index contributed by atoms with van der Waals surface area (Å²) in [7, 11) is -2.90. The number of nitrogen functional groups attached to an aromatic ring is 1. The van der Waals surface area contributed by atoms with Crippen LogP contribution >= 0.6 is 0 Å². The minimum atomic E-state index is -2.90. The molecule has 10 heteroatoms. The quantitative estimate of drug-likeness (QED) is 0.396. The number of aromatic nitrogens is 3. The van der Waals surface area contributed by atoms with Crippen molar-refractivity contribution in [2.75, 3.05) is 35.2 Å².